The molecule has 19 heavy (non-hydrogen) atoms. The Bertz CT molecular complexity index is 246. The summed E-state index contributed by atoms with van der Waals surface area (Å²) in [7, 11) is 0. The van der Waals surface area contributed by atoms with Crippen molar-refractivity contribution in [1.29, 1.82) is 0 Å². The Morgan fingerprint density at radius 1 is 1.21 bits per heavy atom. The van der Waals surface area contributed by atoms with Gasteiger partial charge < -0.3 is 10.5 Å². The van der Waals surface area contributed by atoms with Gasteiger partial charge in [0.1, 0.15) is 0 Å². The molecule has 0 aromatic heterocycles. The fourth-order valence-corrected chi connectivity index (χ4v) is 3.20. The first-order chi connectivity index (χ1) is 8.79. The molecule has 0 amide bonds. The summed E-state index contributed by atoms with van der Waals surface area (Å²) in [6, 6.07) is 0. The average molecular weight is 269 g/mol. The van der Waals surface area contributed by atoms with E-state index < -0.39 is 0 Å². The fraction of sp³-hybridized carbons (Fsp3) is 1.00. The number of hydrogen-bond donors (Lipinski definition) is 1. The van der Waals surface area contributed by atoms with Crippen LogP contribution in [0.5, 0.6) is 0 Å². The molecule has 1 aliphatic rings. The van der Waals surface area contributed by atoms with Gasteiger partial charge in [-0.3, -0.25) is 0 Å². The van der Waals surface area contributed by atoms with Gasteiger partial charge in [0, 0.05) is 13.2 Å². The molecule has 0 aromatic rings. The summed E-state index contributed by atoms with van der Waals surface area (Å²) < 4.78 is 6.21. The van der Waals surface area contributed by atoms with Gasteiger partial charge in [0.25, 0.3) is 0 Å². The monoisotopic (exact) mass is 269 g/mol. The maximum atomic E-state index is 6.21. The molecule has 0 saturated heterocycles. The van der Waals surface area contributed by atoms with Gasteiger partial charge in [-0.05, 0) is 55.8 Å². The Balaban J connectivity index is 2.38. The van der Waals surface area contributed by atoms with Gasteiger partial charge in [-0.15, -0.1) is 0 Å². The second-order valence-corrected chi connectivity index (χ2v) is 7.91. The normalized spacial score (nSPS) is 28.9. The lowest BCUT2D eigenvalue weighted by molar-refractivity contribution is -0.0811. The summed E-state index contributed by atoms with van der Waals surface area (Å²) >= 11 is 0. The molecule has 0 spiro atoms. The first kappa shape index (κ1) is 17.0. The lowest BCUT2D eigenvalue weighted by Crippen LogP contribution is -2.45. The first-order valence-electron chi connectivity index (χ1n) is 8.13. The van der Waals surface area contributed by atoms with Gasteiger partial charge in [-0.2, -0.15) is 0 Å². The van der Waals surface area contributed by atoms with Crippen molar-refractivity contribution >= 4 is 0 Å². The molecule has 0 aliphatic heterocycles. The van der Waals surface area contributed by atoms with Crippen molar-refractivity contribution in [2.45, 2.75) is 78.7 Å². The van der Waals surface area contributed by atoms with E-state index in [1.165, 1.54) is 25.7 Å². The summed E-state index contributed by atoms with van der Waals surface area (Å²) in [6.45, 7) is 13.2. The summed E-state index contributed by atoms with van der Waals surface area (Å²) in [5.41, 5.74) is 6.42. The average Bonchev–Trinajstić information content (AvgIpc) is 2.34. The van der Waals surface area contributed by atoms with Crippen molar-refractivity contribution in [3.05, 3.63) is 0 Å². The molecule has 2 heteroatoms. The minimum absolute atomic E-state index is 0.0151. The van der Waals surface area contributed by atoms with Gasteiger partial charge in [0.15, 0.2) is 0 Å². The molecular formula is C17H35NO. The highest BCUT2D eigenvalue weighted by Crippen LogP contribution is 2.42. The third-order valence-corrected chi connectivity index (χ3v) is 4.83. The van der Waals surface area contributed by atoms with Crippen molar-refractivity contribution in [3.8, 4) is 0 Å². The second-order valence-electron chi connectivity index (χ2n) is 7.91. The molecule has 114 valence electrons. The largest absolute Gasteiger partial charge is 0.374 e. The van der Waals surface area contributed by atoms with Crippen LogP contribution in [-0.2, 0) is 4.74 Å². The van der Waals surface area contributed by atoms with E-state index in [2.05, 4.69) is 34.6 Å². The topological polar surface area (TPSA) is 35.2 Å². The Hall–Kier alpha value is -0.0800. The minimum Gasteiger partial charge on any atom is -0.374 e. The van der Waals surface area contributed by atoms with Crippen molar-refractivity contribution in [3.63, 3.8) is 0 Å². The summed E-state index contributed by atoms with van der Waals surface area (Å²) in [4.78, 5) is 0. The van der Waals surface area contributed by atoms with Crippen LogP contribution in [-0.4, -0.2) is 18.8 Å². The molecule has 1 rings (SSSR count). The molecule has 0 radical (unpaired) electrons. The zero-order chi connectivity index (χ0) is 14.5. The lowest BCUT2D eigenvalue weighted by Gasteiger charge is -2.43. The van der Waals surface area contributed by atoms with Crippen LogP contribution >= 0.6 is 0 Å². The van der Waals surface area contributed by atoms with Gasteiger partial charge in [0.05, 0.1) is 5.60 Å². The number of hydrogen-bond acceptors (Lipinski definition) is 2. The van der Waals surface area contributed by atoms with Gasteiger partial charge in [0.2, 0.25) is 0 Å². The van der Waals surface area contributed by atoms with Crippen molar-refractivity contribution in [2.75, 3.05) is 13.2 Å². The quantitative estimate of drug-likeness (QED) is 0.727. The van der Waals surface area contributed by atoms with E-state index in [4.69, 9.17) is 10.5 Å². The van der Waals surface area contributed by atoms with E-state index in [-0.39, 0.29) is 5.60 Å². The predicted molar refractivity (Wildman–Crippen MR) is 83.2 cm³/mol. The minimum atomic E-state index is -0.0151. The lowest BCUT2D eigenvalue weighted by atomic mass is 9.68. The molecule has 2 N–H and O–H groups in total. The highest BCUT2D eigenvalue weighted by Gasteiger charge is 2.38. The van der Waals surface area contributed by atoms with E-state index in [9.17, 15) is 0 Å². The molecule has 1 aliphatic carbocycles. The van der Waals surface area contributed by atoms with E-state index in [0.717, 1.165) is 31.3 Å². The molecule has 2 nitrogen and oxygen atoms in total. The molecule has 0 aromatic carbocycles. The van der Waals surface area contributed by atoms with Crippen LogP contribution in [0.3, 0.4) is 0 Å². The van der Waals surface area contributed by atoms with Crippen molar-refractivity contribution in [1.82, 2.24) is 0 Å². The van der Waals surface area contributed by atoms with Crippen LogP contribution < -0.4 is 5.73 Å². The highest BCUT2D eigenvalue weighted by molar-refractivity contribution is 4.91. The summed E-state index contributed by atoms with van der Waals surface area (Å²) in [5, 5.41) is 0. The maximum Gasteiger partial charge on any atom is 0.0804 e. The molecule has 0 unspecified atom stereocenters. The van der Waals surface area contributed by atoms with E-state index in [1.54, 1.807) is 0 Å². The standard InChI is InChI=1S/C17H35NO/c1-14(2)7-6-12-19-17(13-18)10-8-15(9-11-17)16(3,4)5/h14-15H,6-13,18H2,1-5H3. The zero-order valence-electron chi connectivity index (χ0n) is 13.8. The van der Waals surface area contributed by atoms with Crippen LogP contribution in [0.2, 0.25) is 0 Å². The van der Waals surface area contributed by atoms with Crippen LogP contribution in [0.15, 0.2) is 0 Å². The Kier molecular flexibility index (Phi) is 6.32. The molecule has 0 bridgehead atoms. The fourth-order valence-electron chi connectivity index (χ4n) is 3.20. The van der Waals surface area contributed by atoms with Crippen molar-refractivity contribution < 1.29 is 4.74 Å². The molecule has 1 fully saturated rings. The number of rotatable bonds is 6. The molecule has 1 saturated carbocycles. The van der Waals surface area contributed by atoms with Gasteiger partial charge >= 0.3 is 0 Å². The van der Waals surface area contributed by atoms with Gasteiger partial charge in [-0.1, -0.05) is 34.6 Å². The summed E-state index contributed by atoms with van der Waals surface area (Å²) in [5.74, 6) is 1.60. The molecule has 0 atom stereocenters. The Morgan fingerprint density at radius 3 is 2.21 bits per heavy atom. The second kappa shape index (κ2) is 7.08. The van der Waals surface area contributed by atoms with Crippen LogP contribution in [0.1, 0.15) is 73.1 Å². The van der Waals surface area contributed by atoms with Crippen LogP contribution in [0.4, 0.5) is 0 Å². The van der Waals surface area contributed by atoms with Gasteiger partial charge in [-0.25, -0.2) is 0 Å². The maximum absolute atomic E-state index is 6.21. The zero-order valence-corrected chi connectivity index (χ0v) is 13.8. The SMILES string of the molecule is CC(C)CCCOC1(CN)CCC(C(C)(C)C)CC1. The molecular weight excluding hydrogens is 234 g/mol. The molecule has 0 heterocycles. The predicted octanol–water partition coefficient (Wildman–Crippen LogP) is 4.37. The first-order valence-corrected chi connectivity index (χ1v) is 8.13. The summed E-state index contributed by atoms with van der Waals surface area (Å²) in [6.07, 6.45) is 7.25. The van der Waals surface area contributed by atoms with E-state index in [1.807, 2.05) is 0 Å². The van der Waals surface area contributed by atoms with E-state index >= 15 is 0 Å². The van der Waals surface area contributed by atoms with Crippen LogP contribution in [0.25, 0.3) is 0 Å². The third-order valence-electron chi connectivity index (χ3n) is 4.83. The third kappa shape index (κ3) is 5.43. The number of ether oxygens (including phenoxy) is 1. The highest BCUT2D eigenvalue weighted by atomic mass is 16.5. The number of nitrogens with two attached hydrogens (primary N) is 1. The Labute approximate surface area is 120 Å². The smallest absolute Gasteiger partial charge is 0.0804 e. The van der Waals surface area contributed by atoms with E-state index in [0.29, 0.717) is 12.0 Å². The van der Waals surface area contributed by atoms with Crippen molar-refractivity contribution in [2.24, 2.45) is 23.0 Å². The Morgan fingerprint density at radius 2 is 1.79 bits per heavy atom. The van der Waals surface area contributed by atoms with Crippen LogP contribution in [0, 0.1) is 17.3 Å².